The van der Waals surface area contributed by atoms with Crippen LogP contribution >= 0.6 is 11.3 Å². The number of thiophene rings is 1. The second-order valence-electron chi connectivity index (χ2n) is 8.35. The average Bonchev–Trinajstić information content (AvgIpc) is 3.55. The first-order valence-corrected chi connectivity index (χ1v) is 12.2. The zero-order valence-electron chi connectivity index (χ0n) is 20.0. The SMILES string of the molecule is COc1ccc(CNC(=O)[C@@H](c2ccco2)N(C(=O)Cc2cccs2)c2cc(C)cc(C)c2)cc1. The molecule has 0 radical (unpaired) electrons. The lowest BCUT2D eigenvalue weighted by Crippen LogP contribution is -2.44. The number of aryl methyl sites for hydroxylation is 2. The van der Waals surface area contributed by atoms with Crippen LogP contribution in [0.4, 0.5) is 5.69 Å². The number of hydrogen-bond donors (Lipinski definition) is 1. The quantitative estimate of drug-likeness (QED) is 0.333. The van der Waals surface area contributed by atoms with E-state index in [2.05, 4.69) is 5.32 Å². The Balaban J connectivity index is 1.68. The van der Waals surface area contributed by atoms with Crippen molar-refractivity contribution in [2.75, 3.05) is 12.0 Å². The molecule has 35 heavy (non-hydrogen) atoms. The number of benzene rings is 2. The minimum atomic E-state index is -0.961. The van der Waals surface area contributed by atoms with Crippen molar-refractivity contribution < 1.29 is 18.7 Å². The normalized spacial score (nSPS) is 11.6. The van der Waals surface area contributed by atoms with Crippen molar-refractivity contribution in [1.82, 2.24) is 5.32 Å². The van der Waals surface area contributed by atoms with Gasteiger partial charge in [-0.25, -0.2) is 0 Å². The molecule has 6 nitrogen and oxygen atoms in total. The van der Waals surface area contributed by atoms with Crippen molar-refractivity contribution in [1.29, 1.82) is 0 Å². The van der Waals surface area contributed by atoms with Gasteiger partial charge in [0.25, 0.3) is 5.91 Å². The fourth-order valence-electron chi connectivity index (χ4n) is 4.02. The molecule has 0 spiro atoms. The van der Waals surface area contributed by atoms with E-state index in [1.807, 2.05) is 73.8 Å². The maximum absolute atomic E-state index is 13.7. The summed E-state index contributed by atoms with van der Waals surface area (Å²) in [6.45, 7) is 4.26. The van der Waals surface area contributed by atoms with Gasteiger partial charge in [-0.2, -0.15) is 0 Å². The van der Waals surface area contributed by atoms with Crippen LogP contribution in [0.3, 0.4) is 0 Å². The number of rotatable bonds is 9. The summed E-state index contributed by atoms with van der Waals surface area (Å²) in [5.41, 5.74) is 3.58. The van der Waals surface area contributed by atoms with Crippen LogP contribution < -0.4 is 15.0 Å². The highest BCUT2D eigenvalue weighted by Gasteiger charge is 2.35. The van der Waals surface area contributed by atoms with Gasteiger partial charge in [0.2, 0.25) is 5.91 Å². The second-order valence-corrected chi connectivity index (χ2v) is 9.38. The molecule has 0 bridgehead atoms. The maximum Gasteiger partial charge on any atom is 0.251 e. The first-order valence-electron chi connectivity index (χ1n) is 11.3. The third-order valence-electron chi connectivity index (χ3n) is 5.60. The zero-order chi connectivity index (χ0) is 24.8. The summed E-state index contributed by atoms with van der Waals surface area (Å²) in [7, 11) is 1.61. The number of amides is 2. The fraction of sp³-hybridized carbons (Fsp3) is 0.214. The van der Waals surface area contributed by atoms with E-state index in [1.165, 1.54) is 17.6 Å². The van der Waals surface area contributed by atoms with Crippen LogP contribution in [-0.2, 0) is 22.6 Å². The first-order chi connectivity index (χ1) is 16.9. The molecule has 0 fully saturated rings. The van der Waals surface area contributed by atoms with E-state index in [0.717, 1.165) is 27.3 Å². The summed E-state index contributed by atoms with van der Waals surface area (Å²) in [6, 6.07) is 19.7. The van der Waals surface area contributed by atoms with Crippen LogP contribution in [0.1, 0.15) is 33.4 Å². The van der Waals surface area contributed by atoms with Gasteiger partial charge in [-0.05, 0) is 78.4 Å². The summed E-state index contributed by atoms with van der Waals surface area (Å²) in [4.78, 5) is 29.8. The number of ether oxygens (including phenoxy) is 1. The lowest BCUT2D eigenvalue weighted by atomic mass is 10.1. The number of nitrogens with one attached hydrogen (secondary N) is 1. The number of nitrogens with zero attached hydrogens (tertiary/aromatic N) is 1. The van der Waals surface area contributed by atoms with E-state index in [0.29, 0.717) is 18.0 Å². The third kappa shape index (κ3) is 6.00. The highest BCUT2D eigenvalue weighted by Crippen LogP contribution is 2.31. The van der Waals surface area contributed by atoms with Crippen LogP contribution in [0.15, 0.2) is 82.8 Å². The highest BCUT2D eigenvalue weighted by molar-refractivity contribution is 7.10. The Kier molecular flexibility index (Phi) is 7.67. The third-order valence-corrected chi connectivity index (χ3v) is 6.48. The van der Waals surface area contributed by atoms with Crippen LogP contribution in [0.25, 0.3) is 0 Å². The fourth-order valence-corrected chi connectivity index (χ4v) is 4.72. The first kappa shape index (κ1) is 24.3. The van der Waals surface area contributed by atoms with E-state index in [4.69, 9.17) is 9.15 Å². The standard InChI is InChI=1S/C28H28N2O4S/c1-19-14-20(2)16-22(15-19)30(26(31)17-24-6-5-13-35-24)27(25-7-4-12-34-25)28(32)29-18-21-8-10-23(33-3)11-9-21/h4-16,27H,17-18H2,1-3H3,(H,29,32)/t27-/m1/s1. The van der Waals surface area contributed by atoms with Gasteiger partial charge >= 0.3 is 0 Å². The average molecular weight is 489 g/mol. The minimum absolute atomic E-state index is 0.182. The molecule has 1 N–H and O–H groups in total. The molecule has 2 amide bonds. The molecule has 0 aliphatic heterocycles. The van der Waals surface area contributed by atoms with Gasteiger partial charge < -0.3 is 14.5 Å². The Morgan fingerprint density at radius 3 is 2.37 bits per heavy atom. The maximum atomic E-state index is 13.7. The molecular weight excluding hydrogens is 460 g/mol. The van der Waals surface area contributed by atoms with Crippen LogP contribution in [-0.4, -0.2) is 18.9 Å². The zero-order valence-corrected chi connectivity index (χ0v) is 20.8. The Morgan fingerprint density at radius 1 is 1.03 bits per heavy atom. The molecule has 4 aromatic rings. The molecule has 2 aromatic heterocycles. The Morgan fingerprint density at radius 2 is 1.77 bits per heavy atom. The Labute approximate surface area is 209 Å². The van der Waals surface area contributed by atoms with Crippen LogP contribution in [0.5, 0.6) is 5.75 Å². The molecule has 0 aliphatic rings. The molecule has 0 saturated heterocycles. The molecule has 180 valence electrons. The molecule has 2 heterocycles. The minimum Gasteiger partial charge on any atom is -0.497 e. The molecule has 7 heteroatoms. The van der Waals surface area contributed by atoms with Gasteiger partial charge in [0.05, 0.1) is 19.8 Å². The van der Waals surface area contributed by atoms with Crippen molar-refractivity contribution in [3.8, 4) is 5.75 Å². The van der Waals surface area contributed by atoms with Crippen LogP contribution in [0.2, 0.25) is 0 Å². The molecule has 0 saturated carbocycles. The smallest absolute Gasteiger partial charge is 0.251 e. The predicted octanol–water partition coefficient (Wildman–Crippen LogP) is 5.60. The van der Waals surface area contributed by atoms with Crippen molar-refractivity contribution in [3.63, 3.8) is 0 Å². The topological polar surface area (TPSA) is 71.8 Å². The van der Waals surface area contributed by atoms with Crippen molar-refractivity contribution in [2.24, 2.45) is 0 Å². The largest absolute Gasteiger partial charge is 0.497 e. The number of furan rings is 1. The Hall–Kier alpha value is -3.84. The van der Waals surface area contributed by atoms with E-state index < -0.39 is 6.04 Å². The summed E-state index contributed by atoms with van der Waals surface area (Å²) < 4.78 is 10.9. The van der Waals surface area contributed by atoms with Gasteiger partial charge in [-0.1, -0.05) is 24.3 Å². The molecule has 0 aliphatic carbocycles. The van der Waals surface area contributed by atoms with Crippen LogP contribution in [0, 0.1) is 13.8 Å². The van der Waals surface area contributed by atoms with Gasteiger partial charge in [-0.3, -0.25) is 14.5 Å². The number of methoxy groups -OCH3 is 1. The van der Waals surface area contributed by atoms with Crippen molar-refractivity contribution in [3.05, 3.63) is 106 Å². The summed E-state index contributed by atoms with van der Waals surface area (Å²) in [6.07, 6.45) is 1.70. The van der Waals surface area contributed by atoms with Gasteiger partial charge in [-0.15, -0.1) is 11.3 Å². The highest BCUT2D eigenvalue weighted by atomic mass is 32.1. The molecule has 2 aromatic carbocycles. The van der Waals surface area contributed by atoms with E-state index in [-0.39, 0.29) is 18.2 Å². The molecular formula is C28H28N2O4S. The Bertz CT molecular complexity index is 1240. The predicted molar refractivity (Wildman–Crippen MR) is 138 cm³/mol. The second kappa shape index (κ2) is 11.1. The summed E-state index contributed by atoms with van der Waals surface area (Å²) >= 11 is 1.52. The van der Waals surface area contributed by atoms with E-state index in [9.17, 15) is 9.59 Å². The summed E-state index contributed by atoms with van der Waals surface area (Å²) in [5, 5.41) is 4.93. The van der Waals surface area contributed by atoms with Crippen molar-refractivity contribution >= 4 is 28.8 Å². The molecule has 4 rings (SSSR count). The van der Waals surface area contributed by atoms with Gasteiger partial charge in [0.15, 0.2) is 6.04 Å². The summed E-state index contributed by atoms with van der Waals surface area (Å²) in [5.74, 6) is 0.637. The van der Waals surface area contributed by atoms with Gasteiger partial charge in [0, 0.05) is 17.1 Å². The molecule has 1 atom stereocenters. The van der Waals surface area contributed by atoms with Gasteiger partial charge in [0.1, 0.15) is 11.5 Å². The lowest BCUT2D eigenvalue weighted by molar-refractivity contribution is -0.127. The number of carbonyl (C=O) groups is 2. The number of hydrogen-bond acceptors (Lipinski definition) is 5. The van der Waals surface area contributed by atoms with Crippen molar-refractivity contribution in [2.45, 2.75) is 32.9 Å². The lowest BCUT2D eigenvalue weighted by Gasteiger charge is -2.30. The van der Waals surface area contributed by atoms with E-state index >= 15 is 0 Å². The van der Waals surface area contributed by atoms with E-state index in [1.54, 1.807) is 24.1 Å². The number of anilines is 1. The monoisotopic (exact) mass is 488 g/mol. The number of carbonyl (C=O) groups excluding carboxylic acids is 2. The molecule has 0 unspecified atom stereocenters.